The number of aryl methyl sites for hydroxylation is 1. The van der Waals surface area contributed by atoms with Gasteiger partial charge in [0.25, 0.3) is 0 Å². The Kier molecular flexibility index (Phi) is 4.56. The Hall–Kier alpha value is -2.52. The number of carbonyl (C=O) groups excluding carboxylic acids is 1. The standard InChI is InChI=1S/C18H20BrN7O/c1-25(2)7-6-20-18-22-15(12-9-26(3)24-16(12)23-18)14-11-8-10(19)4-5-13(11)21-17(14)27/h4-5,8-9,14H,6-7H2,1-3H3,(H,21,27)(H,20,23,24). The molecule has 3 aromatic rings. The zero-order chi connectivity index (χ0) is 19.1. The van der Waals surface area contributed by atoms with Crippen molar-refractivity contribution < 1.29 is 4.79 Å². The molecule has 0 fully saturated rings. The number of rotatable bonds is 5. The molecule has 0 aliphatic carbocycles. The van der Waals surface area contributed by atoms with Crippen molar-refractivity contribution in [2.75, 3.05) is 37.8 Å². The van der Waals surface area contributed by atoms with Crippen LogP contribution in [0.25, 0.3) is 11.0 Å². The van der Waals surface area contributed by atoms with Crippen LogP contribution in [-0.4, -0.2) is 57.7 Å². The quantitative estimate of drug-likeness (QED) is 0.646. The maximum absolute atomic E-state index is 12.8. The Morgan fingerprint density at radius 3 is 2.93 bits per heavy atom. The third-order valence-corrected chi connectivity index (χ3v) is 4.98. The van der Waals surface area contributed by atoms with E-state index in [1.54, 1.807) is 4.68 Å². The van der Waals surface area contributed by atoms with Crippen molar-refractivity contribution in [2.24, 2.45) is 7.05 Å². The molecular weight excluding hydrogens is 410 g/mol. The summed E-state index contributed by atoms with van der Waals surface area (Å²) in [7, 11) is 5.85. The second-order valence-electron chi connectivity index (χ2n) is 6.86. The largest absolute Gasteiger partial charge is 0.353 e. The fourth-order valence-corrected chi connectivity index (χ4v) is 3.61. The average molecular weight is 430 g/mol. The molecule has 2 N–H and O–H groups in total. The van der Waals surface area contributed by atoms with Gasteiger partial charge in [-0.15, -0.1) is 0 Å². The number of carbonyl (C=O) groups is 1. The zero-order valence-corrected chi connectivity index (χ0v) is 16.9. The molecule has 1 aromatic carbocycles. The third kappa shape index (κ3) is 3.40. The first-order valence-electron chi connectivity index (χ1n) is 8.62. The van der Waals surface area contributed by atoms with Crippen molar-refractivity contribution in [2.45, 2.75) is 5.92 Å². The van der Waals surface area contributed by atoms with Crippen LogP contribution in [0.5, 0.6) is 0 Å². The summed E-state index contributed by atoms with van der Waals surface area (Å²) in [4.78, 5) is 24.1. The van der Waals surface area contributed by atoms with E-state index in [9.17, 15) is 4.79 Å². The number of fused-ring (bicyclic) bond motifs is 2. The zero-order valence-electron chi connectivity index (χ0n) is 15.3. The van der Waals surface area contributed by atoms with Crippen LogP contribution < -0.4 is 10.6 Å². The van der Waals surface area contributed by atoms with Crippen molar-refractivity contribution in [3.05, 3.63) is 40.1 Å². The van der Waals surface area contributed by atoms with Gasteiger partial charge in [-0.05, 0) is 37.9 Å². The summed E-state index contributed by atoms with van der Waals surface area (Å²) in [6.07, 6.45) is 1.86. The number of anilines is 2. The van der Waals surface area contributed by atoms with E-state index in [1.165, 1.54) is 0 Å². The van der Waals surface area contributed by atoms with Crippen LogP contribution in [0.4, 0.5) is 11.6 Å². The fraction of sp³-hybridized carbons (Fsp3) is 0.333. The minimum absolute atomic E-state index is 0.0915. The van der Waals surface area contributed by atoms with E-state index < -0.39 is 5.92 Å². The predicted octanol–water partition coefficient (Wildman–Crippen LogP) is 2.18. The predicted molar refractivity (Wildman–Crippen MR) is 108 cm³/mol. The summed E-state index contributed by atoms with van der Waals surface area (Å²) in [5.74, 6) is -0.109. The number of amides is 1. The number of hydrogen-bond acceptors (Lipinski definition) is 6. The van der Waals surface area contributed by atoms with Gasteiger partial charge >= 0.3 is 0 Å². The minimum Gasteiger partial charge on any atom is -0.353 e. The molecule has 1 atom stereocenters. The summed E-state index contributed by atoms with van der Waals surface area (Å²) in [5.41, 5.74) is 2.95. The van der Waals surface area contributed by atoms with Gasteiger partial charge < -0.3 is 15.5 Å². The Morgan fingerprint density at radius 2 is 2.15 bits per heavy atom. The first-order chi connectivity index (χ1) is 12.9. The molecule has 0 saturated carbocycles. The summed E-state index contributed by atoms with van der Waals surface area (Å²) < 4.78 is 2.62. The fourth-order valence-electron chi connectivity index (χ4n) is 3.23. The van der Waals surface area contributed by atoms with Gasteiger partial charge in [-0.25, -0.2) is 4.98 Å². The highest BCUT2D eigenvalue weighted by Gasteiger charge is 2.35. The van der Waals surface area contributed by atoms with Crippen molar-refractivity contribution in [1.29, 1.82) is 0 Å². The molecule has 0 radical (unpaired) electrons. The van der Waals surface area contributed by atoms with E-state index in [1.807, 2.05) is 45.5 Å². The topological polar surface area (TPSA) is 88.0 Å². The maximum atomic E-state index is 12.8. The molecule has 27 heavy (non-hydrogen) atoms. The second kappa shape index (κ2) is 6.90. The molecule has 0 spiro atoms. The van der Waals surface area contributed by atoms with Gasteiger partial charge in [0.2, 0.25) is 11.9 Å². The number of halogens is 1. The van der Waals surface area contributed by atoms with E-state index in [-0.39, 0.29) is 5.91 Å². The van der Waals surface area contributed by atoms with E-state index in [4.69, 9.17) is 4.98 Å². The smallest absolute Gasteiger partial charge is 0.238 e. The van der Waals surface area contributed by atoms with Gasteiger partial charge in [0, 0.05) is 36.5 Å². The molecule has 0 bridgehead atoms. The lowest BCUT2D eigenvalue weighted by Crippen LogP contribution is -2.22. The molecular formula is C18H20BrN7O. The minimum atomic E-state index is -0.499. The molecule has 1 amide bonds. The summed E-state index contributed by atoms with van der Waals surface area (Å²) in [5, 5.41) is 11.4. The number of benzene rings is 1. The van der Waals surface area contributed by atoms with Crippen molar-refractivity contribution >= 4 is 44.5 Å². The Morgan fingerprint density at radius 1 is 1.33 bits per heavy atom. The van der Waals surface area contributed by atoms with E-state index in [0.29, 0.717) is 23.8 Å². The number of likely N-dealkylation sites (N-methyl/N-ethyl adjacent to an activating group) is 1. The molecule has 8 nitrogen and oxygen atoms in total. The average Bonchev–Trinajstić information content (AvgIpc) is 3.12. The van der Waals surface area contributed by atoms with E-state index >= 15 is 0 Å². The van der Waals surface area contributed by atoms with Gasteiger partial charge in [-0.2, -0.15) is 10.1 Å². The highest BCUT2D eigenvalue weighted by molar-refractivity contribution is 9.10. The van der Waals surface area contributed by atoms with Crippen LogP contribution in [0.15, 0.2) is 28.9 Å². The van der Waals surface area contributed by atoms with Crippen molar-refractivity contribution in [3.8, 4) is 0 Å². The first-order valence-corrected chi connectivity index (χ1v) is 9.42. The molecule has 2 aromatic heterocycles. The number of aromatic nitrogens is 4. The number of nitrogens with zero attached hydrogens (tertiary/aromatic N) is 5. The van der Waals surface area contributed by atoms with Gasteiger partial charge in [0.1, 0.15) is 5.92 Å². The molecule has 0 saturated heterocycles. The normalized spacial score (nSPS) is 16.0. The van der Waals surface area contributed by atoms with Gasteiger partial charge in [0.15, 0.2) is 5.65 Å². The SMILES string of the molecule is CN(C)CCNc1nc(C2C(=O)Nc3ccc(Br)cc32)c2cn(C)nc2n1. The molecule has 140 valence electrons. The lowest BCUT2D eigenvalue weighted by Gasteiger charge is -2.13. The van der Waals surface area contributed by atoms with Crippen LogP contribution in [0.2, 0.25) is 0 Å². The summed E-state index contributed by atoms with van der Waals surface area (Å²) in [6.45, 7) is 1.54. The lowest BCUT2D eigenvalue weighted by molar-refractivity contribution is -0.116. The van der Waals surface area contributed by atoms with Gasteiger partial charge in [0.05, 0.1) is 11.1 Å². The highest BCUT2D eigenvalue weighted by atomic mass is 79.9. The Balaban J connectivity index is 1.81. The highest BCUT2D eigenvalue weighted by Crippen LogP contribution is 2.40. The lowest BCUT2D eigenvalue weighted by atomic mass is 9.95. The molecule has 1 aliphatic rings. The summed E-state index contributed by atoms with van der Waals surface area (Å²) >= 11 is 3.50. The number of hydrogen-bond donors (Lipinski definition) is 2. The third-order valence-electron chi connectivity index (χ3n) is 4.48. The van der Waals surface area contributed by atoms with Crippen LogP contribution in [0.1, 0.15) is 17.2 Å². The second-order valence-corrected chi connectivity index (χ2v) is 7.77. The van der Waals surface area contributed by atoms with Crippen LogP contribution in [0.3, 0.4) is 0 Å². The molecule has 3 heterocycles. The maximum Gasteiger partial charge on any atom is 0.238 e. The van der Waals surface area contributed by atoms with E-state index in [2.05, 4.69) is 41.5 Å². The molecule has 1 aliphatic heterocycles. The summed E-state index contributed by atoms with van der Waals surface area (Å²) in [6, 6.07) is 5.77. The van der Waals surface area contributed by atoms with Crippen molar-refractivity contribution in [3.63, 3.8) is 0 Å². The monoisotopic (exact) mass is 429 g/mol. The van der Waals surface area contributed by atoms with Gasteiger partial charge in [-0.1, -0.05) is 15.9 Å². The molecule has 4 rings (SSSR count). The molecule has 1 unspecified atom stereocenters. The number of nitrogens with one attached hydrogen (secondary N) is 2. The van der Waals surface area contributed by atoms with E-state index in [0.717, 1.165) is 27.7 Å². The molecule has 9 heteroatoms. The van der Waals surface area contributed by atoms with Crippen LogP contribution >= 0.6 is 15.9 Å². The van der Waals surface area contributed by atoms with Crippen molar-refractivity contribution in [1.82, 2.24) is 24.6 Å². The first kappa shape index (κ1) is 17.9. The Bertz CT molecular complexity index is 1030. The van der Waals surface area contributed by atoms with Crippen LogP contribution in [0, 0.1) is 0 Å². The van der Waals surface area contributed by atoms with Crippen LogP contribution in [-0.2, 0) is 11.8 Å². The Labute approximate surface area is 165 Å². The van der Waals surface area contributed by atoms with Gasteiger partial charge in [-0.3, -0.25) is 9.48 Å².